The van der Waals surface area contributed by atoms with E-state index in [0.717, 1.165) is 72.9 Å². The van der Waals surface area contributed by atoms with Crippen LogP contribution in [0.3, 0.4) is 0 Å². The van der Waals surface area contributed by atoms with Crippen molar-refractivity contribution < 1.29 is 23.7 Å². The number of fused-ring (bicyclic) bond motifs is 3. The lowest BCUT2D eigenvalue weighted by Gasteiger charge is -2.34. The molecular weight excluding hydrogens is 540 g/mol. The minimum absolute atomic E-state index is 0.104. The van der Waals surface area contributed by atoms with Crippen LogP contribution >= 0.6 is 0 Å². The van der Waals surface area contributed by atoms with E-state index in [2.05, 4.69) is 67.4 Å². The molecule has 1 fully saturated rings. The maximum Gasteiger partial charge on any atom is 0.251 e. The number of amides is 1. The molecule has 3 aromatic carbocycles. The lowest BCUT2D eigenvalue weighted by molar-refractivity contribution is 0.0133. The van der Waals surface area contributed by atoms with E-state index in [-0.39, 0.29) is 5.91 Å². The average Bonchev–Trinajstić information content (AvgIpc) is 3.01. The molecule has 5 rings (SSSR count). The summed E-state index contributed by atoms with van der Waals surface area (Å²) in [6.07, 6.45) is 2.79. The second-order valence-electron chi connectivity index (χ2n) is 12.0. The summed E-state index contributed by atoms with van der Waals surface area (Å²) < 4.78 is 23.4. The molecule has 2 aliphatic heterocycles. The highest BCUT2D eigenvalue weighted by molar-refractivity contribution is 5.94. The molecule has 0 aliphatic carbocycles. The zero-order valence-corrected chi connectivity index (χ0v) is 26.1. The third-order valence-electron chi connectivity index (χ3n) is 8.56. The van der Waals surface area contributed by atoms with Gasteiger partial charge in [0.05, 0.1) is 20.3 Å². The molecular formula is C36H46N2O5. The molecule has 7 heteroatoms. The summed E-state index contributed by atoms with van der Waals surface area (Å²) >= 11 is 0. The quantitative estimate of drug-likeness (QED) is 0.380. The molecule has 1 amide bonds. The maximum absolute atomic E-state index is 13.4. The second-order valence-corrected chi connectivity index (χ2v) is 12.0. The SMILES string of the molecule is COc1cc(C)c(CNC(=O)c2ccc3c(c2)Cc2cccc(c2)CN(C2CCOCC2)CCOCCO3)cc1C(C)C. The van der Waals surface area contributed by atoms with E-state index in [1.54, 1.807) is 7.11 Å². The van der Waals surface area contributed by atoms with Gasteiger partial charge in [0.25, 0.3) is 5.91 Å². The zero-order valence-electron chi connectivity index (χ0n) is 26.1. The highest BCUT2D eigenvalue weighted by Gasteiger charge is 2.22. The van der Waals surface area contributed by atoms with Crippen LogP contribution in [0.15, 0.2) is 54.6 Å². The predicted octanol–water partition coefficient (Wildman–Crippen LogP) is 6.04. The summed E-state index contributed by atoms with van der Waals surface area (Å²) in [6, 6.07) is 19.2. The van der Waals surface area contributed by atoms with Gasteiger partial charge in [0, 0.05) is 50.9 Å². The summed E-state index contributed by atoms with van der Waals surface area (Å²) in [5.74, 6) is 1.90. The molecule has 0 aromatic heterocycles. The number of rotatable bonds is 6. The van der Waals surface area contributed by atoms with Crippen LogP contribution in [0, 0.1) is 6.92 Å². The van der Waals surface area contributed by atoms with Crippen LogP contribution < -0.4 is 14.8 Å². The number of benzene rings is 3. The molecule has 43 heavy (non-hydrogen) atoms. The van der Waals surface area contributed by atoms with Crippen LogP contribution in [0.5, 0.6) is 11.5 Å². The van der Waals surface area contributed by atoms with E-state index < -0.39 is 0 Å². The Bertz CT molecular complexity index is 1380. The van der Waals surface area contributed by atoms with Crippen LogP contribution in [0.25, 0.3) is 0 Å². The molecule has 0 unspecified atom stereocenters. The van der Waals surface area contributed by atoms with Crippen molar-refractivity contribution in [3.05, 3.63) is 93.5 Å². The largest absolute Gasteiger partial charge is 0.496 e. The van der Waals surface area contributed by atoms with Crippen molar-refractivity contribution in [2.75, 3.05) is 46.7 Å². The van der Waals surface area contributed by atoms with Crippen LogP contribution in [0.1, 0.15) is 76.3 Å². The van der Waals surface area contributed by atoms with Crippen molar-refractivity contribution in [1.29, 1.82) is 0 Å². The molecule has 1 N–H and O–H groups in total. The van der Waals surface area contributed by atoms with Gasteiger partial charge in [0.2, 0.25) is 0 Å². The molecule has 2 heterocycles. The van der Waals surface area contributed by atoms with Crippen LogP contribution in [-0.2, 0) is 29.0 Å². The molecule has 7 nitrogen and oxygen atoms in total. The molecule has 2 bridgehead atoms. The van der Waals surface area contributed by atoms with Gasteiger partial charge in [0.15, 0.2) is 0 Å². The van der Waals surface area contributed by atoms with E-state index in [9.17, 15) is 4.79 Å². The van der Waals surface area contributed by atoms with Crippen molar-refractivity contribution in [1.82, 2.24) is 10.2 Å². The third-order valence-corrected chi connectivity index (χ3v) is 8.56. The lowest BCUT2D eigenvalue weighted by atomic mass is 9.96. The number of carbonyl (C=O) groups excluding carboxylic acids is 1. The highest BCUT2D eigenvalue weighted by atomic mass is 16.5. The van der Waals surface area contributed by atoms with E-state index in [4.69, 9.17) is 18.9 Å². The predicted molar refractivity (Wildman–Crippen MR) is 169 cm³/mol. The first-order chi connectivity index (χ1) is 20.9. The van der Waals surface area contributed by atoms with Crippen molar-refractivity contribution >= 4 is 5.91 Å². The van der Waals surface area contributed by atoms with Crippen molar-refractivity contribution in [3.63, 3.8) is 0 Å². The number of hydrogen-bond donors (Lipinski definition) is 1. The Kier molecular flexibility index (Phi) is 10.7. The van der Waals surface area contributed by atoms with Gasteiger partial charge in [-0.25, -0.2) is 0 Å². The Labute approximate surface area is 256 Å². The molecule has 0 atom stereocenters. The molecule has 1 saturated heterocycles. The van der Waals surface area contributed by atoms with Crippen LogP contribution in [0.4, 0.5) is 0 Å². The normalized spacial score (nSPS) is 17.0. The van der Waals surface area contributed by atoms with Gasteiger partial charge in [0.1, 0.15) is 18.1 Å². The topological polar surface area (TPSA) is 69.3 Å². The monoisotopic (exact) mass is 586 g/mol. The lowest BCUT2D eigenvalue weighted by Crippen LogP contribution is -2.41. The smallest absolute Gasteiger partial charge is 0.251 e. The minimum Gasteiger partial charge on any atom is -0.496 e. The fourth-order valence-corrected chi connectivity index (χ4v) is 6.07. The van der Waals surface area contributed by atoms with Gasteiger partial charge < -0.3 is 24.3 Å². The number of aryl methyl sites for hydroxylation is 1. The molecule has 2 aliphatic rings. The fraction of sp³-hybridized carbons (Fsp3) is 0.472. The fourth-order valence-electron chi connectivity index (χ4n) is 6.07. The maximum atomic E-state index is 13.4. The van der Waals surface area contributed by atoms with Gasteiger partial charge >= 0.3 is 0 Å². The Morgan fingerprint density at radius 3 is 2.56 bits per heavy atom. The number of methoxy groups -OCH3 is 1. The van der Waals surface area contributed by atoms with Crippen molar-refractivity contribution in [2.24, 2.45) is 0 Å². The Morgan fingerprint density at radius 2 is 1.77 bits per heavy atom. The number of nitrogens with one attached hydrogen (secondary N) is 1. The van der Waals surface area contributed by atoms with Gasteiger partial charge in [-0.3, -0.25) is 9.69 Å². The molecule has 0 saturated carbocycles. The van der Waals surface area contributed by atoms with E-state index in [1.807, 2.05) is 18.2 Å². The molecule has 230 valence electrons. The Morgan fingerprint density at radius 1 is 0.977 bits per heavy atom. The van der Waals surface area contributed by atoms with Gasteiger partial charge in [-0.2, -0.15) is 0 Å². The standard InChI is InChI=1S/C36H46N2O5/c1-25(2)33-22-31(26(3)18-35(33)40-4)23-37-36(39)29-8-9-34-30(21-29)20-27-6-5-7-28(19-27)24-38(12-15-42-16-17-43-34)32-10-13-41-14-11-32/h5-9,18-19,21-22,25,32H,10-17,20,23-24H2,1-4H3,(H,37,39). The number of ether oxygens (including phenoxy) is 4. The van der Waals surface area contributed by atoms with E-state index in [1.165, 1.54) is 11.1 Å². The second kappa shape index (κ2) is 14.9. The highest BCUT2D eigenvalue weighted by Crippen LogP contribution is 2.30. The average molecular weight is 587 g/mol. The number of hydrogen-bond acceptors (Lipinski definition) is 6. The van der Waals surface area contributed by atoms with E-state index >= 15 is 0 Å². The Balaban J connectivity index is 1.34. The van der Waals surface area contributed by atoms with Crippen molar-refractivity contribution in [2.45, 2.75) is 65.1 Å². The van der Waals surface area contributed by atoms with Crippen LogP contribution in [0.2, 0.25) is 0 Å². The van der Waals surface area contributed by atoms with Gasteiger partial charge in [-0.15, -0.1) is 0 Å². The van der Waals surface area contributed by atoms with Gasteiger partial charge in [-0.1, -0.05) is 38.1 Å². The van der Waals surface area contributed by atoms with Crippen LogP contribution in [-0.4, -0.2) is 63.5 Å². The molecule has 3 aromatic rings. The minimum atomic E-state index is -0.104. The number of carbonyl (C=O) groups is 1. The number of nitrogens with zero attached hydrogens (tertiary/aromatic N) is 1. The Hall–Kier alpha value is -3.39. The van der Waals surface area contributed by atoms with E-state index in [0.29, 0.717) is 50.3 Å². The zero-order chi connectivity index (χ0) is 30.2. The summed E-state index contributed by atoms with van der Waals surface area (Å²) in [7, 11) is 1.70. The summed E-state index contributed by atoms with van der Waals surface area (Å²) in [6.45, 7) is 11.9. The summed E-state index contributed by atoms with van der Waals surface area (Å²) in [5, 5.41) is 3.14. The first-order valence-corrected chi connectivity index (χ1v) is 15.6. The molecule has 0 radical (unpaired) electrons. The summed E-state index contributed by atoms with van der Waals surface area (Å²) in [5.41, 5.74) is 7.43. The van der Waals surface area contributed by atoms with Gasteiger partial charge in [-0.05, 0) is 89.4 Å². The third kappa shape index (κ3) is 8.17. The first-order valence-electron chi connectivity index (χ1n) is 15.6. The summed E-state index contributed by atoms with van der Waals surface area (Å²) in [4.78, 5) is 15.9. The molecule has 0 spiro atoms. The first kappa shape index (κ1) is 31.0. The van der Waals surface area contributed by atoms with Crippen molar-refractivity contribution in [3.8, 4) is 11.5 Å².